The molecule has 4 aliphatic carbocycles. The van der Waals surface area contributed by atoms with Crippen molar-refractivity contribution in [3.05, 3.63) is 95.2 Å². The van der Waals surface area contributed by atoms with Crippen molar-refractivity contribution in [3.63, 3.8) is 0 Å². The molecule has 0 spiro atoms. The molecule has 120 heavy (non-hydrogen) atoms. The van der Waals surface area contributed by atoms with Crippen molar-refractivity contribution in [2.45, 2.75) is 336 Å². The predicted molar refractivity (Wildman–Crippen MR) is 475 cm³/mol. The molecule has 0 aromatic rings. The maximum Gasteiger partial charge on any atom is 0.186 e. The van der Waals surface area contributed by atoms with Gasteiger partial charge in [0, 0.05) is 142 Å². The number of rotatable bonds is 46. The van der Waals surface area contributed by atoms with Gasteiger partial charge in [0.25, 0.3) is 0 Å². The van der Waals surface area contributed by atoms with Gasteiger partial charge in [0.15, 0.2) is 25.2 Å². The molecule has 0 aromatic carbocycles. The van der Waals surface area contributed by atoms with Gasteiger partial charge >= 0.3 is 0 Å². The Balaban J connectivity index is 0.000000285. The first kappa shape index (κ1) is 108. The third kappa shape index (κ3) is 30.9. The molecule has 4 aliphatic heterocycles. The number of methoxy groups -OCH3 is 14. The molecule has 4 saturated carbocycles. The van der Waals surface area contributed by atoms with Crippen LogP contribution in [0.15, 0.2) is 95.2 Å². The van der Waals surface area contributed by atoms with Crippen LogP contribution in [0.3, 0.4) is 0 Å². The number of aliphatic hydroxyl groups excluding tert-OH is 4. The van der Waals surface area contributed by atoms with Gasteiger partial charge in [0.2, 0.25) is 0 Å². The average molecular weight is 1700 g/mol. The Bertz CT molecular complexity index is 2820. The summed E-state index contributed by atoms with van der Waals surface area (Å²) in [5, 5.41) is 43.3. The van der Waals surface area contributed by atoms with Crippen LogP contribution in [0, 0.1) is 94.7 Å². The molecule has 4 saturated heterocycles. The first-order valence-electron chi connectivity index (χ1n) is 45.5. The van der Waals surface area contributed by atoms with E-state index in [-0.39, 0.29) is 152 Å². The predicted octanol–water partition coefficient (Wildman–Crippen LogP) is 16.6. The Morgan fingerprint density at radius 3 is 0.733 bits per heavy atom. The fourth-order valence-corrected chi connectivity index (χ4v) is 19.9. The highest BCUT2D eigenvalue weighted by atomic mass is 16.7. The molecule has 0 amide bonds. The lowest BCUT2D eigenvalue weighted by Gasteiger charge is -2.44. The van der Waals surface area contributed by atoms with E-state index in [1.54, 1.807) is 99.5 Å². The van der Waals surface area contributed by atoms with Gasteiger partial charge in [-0.2, -0.15) is 0 Å². The lowest BCUT2D eigenvalue weighted by atomic mass is 9.91. The molecule has 22 nitrogen and oxygen atoms in total. The molecule has 8 fully saturated rings. The molecule has 22 heteroatoms. The quantitative estimate of drug-likeness (QED) is 0.0414. The SMILES string of the molecule is CC[C@H](OC)[C@@H](C)[C@@H]1C[C@H]1[C@H](O)[C@@H](C)/C=C/C=C(\C)[C@@H]1O[C@@H](OC)CC[C@@H]1OC.CC[C@H](OC)[C@@H](C)[C@@H]1C[C@H]1[C@H](O)[C@@H](C)/C=C/C=C(\C)[C@@H]1O[C@@H](OC)CC[C@H]1OC.CC[C@H](OC)[C@@H](C)[C@@H]1C[C@H]1[C@H](O)[C@@H](C)/C=C/C=C(\C)[C@@H]1O[C@@H](OC)[C@H](OC)[C@@H](OC)[C@@H]1OC.CC[C@H](OC)[C@@H](C)[C@@H]1C[C@H]1[C@H](O)[C@@H](C)/C=C/C=C(\C)[C@@H]1O[C@H](OC)CC[C@@H]1OC. The van der Waals surface area contributed by atoms with E-state index in [1.807, 2.05) is 37.3 Å². The number of ether oxygens (including phenoxy) is 18. The molecular weight excluding hydrogens is 1530 g/mol. The topological polar surface area (TPSA) is 247 Å². The fraction of sp³-hybridized carbons (Fsp3) is 0.837. The standard InChI is InChI=1S/C26H46O7.3C24H42O5/c1-10-20(28-5)17(4)18-14-19(18)21(27)15(2)12-11-13-16(3)22-23(29-6)24(30-7)25(31-8)26(32-9)33-22;3*1-8-20(26-5)17(4)18-14-19(18)23(25)15(2)10-9-11-16(3)24-21(27-6)12-13-22(28-7)29-24/h11-13,15,17-27H,10,14H2,1-9H3;3*9-11,15,17-25H,8,12-14H2,1-7H3/b12-11+,16-13+;3*10-9+,16-11+/t15-,17-,18-,19+,20-,21+,22-,23+,24-,25+,26+;15-,17-,18-,19+,20-,21+,22+,23+,24-;15-,17-,18-,19+,20-,21-,22+,23+,24-;15-,17-,18-,19+,20-,21-,22-,23+,24-/m0000/s1. The Labute approximate surface area is 727 Å². The molecule has 0 bridgehead atoms. The molecule has 4 heterocycles. The second kappa shape index (κ2) is 55.0. The highest BCUT2D eigenvalue weighted by Gasteiger charge is 2.53. The zero-order valence-electron chi connectivity index (χ0n) is 79.9. The van der Waals surface area contributed by atoms with Crippen LogP contribution in [0.4, 0.5) is 0 Å². The molecule has 0 unspecified atom stereocenters. The number of hydrogen-bond donors (Lipinski definition) is 4. The van der Waals surface area contributed by atoms with Crippen LogP contribution in [-0.4, -0.2) is 255 Å². The summed E-state index contributed by atoms with van der Waals surface area (Å²) in [6.07, 6.45) is 35.7. The van der Waals surface area contributed by atoms with E-state index in [0.717, 1.165) is 112 Å². The van der Waals surface area contributed by atoms with Crippen molar-refractivity contribution in [2.75, 3.05) is 99.5 Å². The molecule has 8 aliphatic rings. The molecule has 4 N–H and O–H groups in total. The van der Waals surface area contributed by atoms with Gasteiger partial charge in [0.05, 0.1) is 67.1 Å². The van der Waals surface area contributed by atoms with Crippen LogP contribution < -0.4 is 0 Å². The second-order valence-electron chi connectivity index (χ2n) is 36.0. The monoisotopic (exact) mass is 1700 g/mol. The second-order valence-corrected chi connectivity index (χ2v) is 36.0. The minimum absolute atomic E-state index is 0.0510. The third-order valence-corrected chi connectivity index (χ3v) is 28.4. The maximum absolute atomic E-state index is 10.9. The highest BCUT2D eigenvalue weighted by Crippen LogP contribution is 2.53. The van der Waals surface area contributed by atoms with Crippen molar-refractivity contribution >= 4 is 0 Å². The summed E-state index contributed by atoms with van der Waals surface area (Å²) in [4.78, 5) is 0. The number of hydrogen-bond acceptors (Lipinski definition) is 22. The summed E-state index contributed by atoms with van der Waals surface area (Å²) in [5.41, 5.74) is 4.32. The summed E-state index contributed by atoms with van der Waals surface area (Å²) >= 11 is 0. The summed E-state index contributed by atoms with van der Waals surface area (Å²) < 4.78 is 102. The highest BCUT2D eigenvalue weighted by molar-refractivity contribution is 5.22. The van der Waals surface area contributed by atoms with Crippen molar-refractivity contribution < 1.29 is 106 Å². The Morgan fingerprint density at radius 1 is 0.292 bits per heavy atom. The normalized spacial score (nSPS) is 35.2. The minimum atomic E-state index is -0.558. The van der Waals surface area contributed by atoms with E-state index < -0.39 is 6.29 Å². The Hall–Kier alpha value is -2.96. The largest absolute Gasteiger partial charge is 0.392 e. The fourth-order valence-electron chi connectivity index (χ4n) is 19.9. The molecule has 696 valence electrons. The number of allylic oxidation sites excluding steroid dienone is 8. The van der Waals surface area contributed by atoms with Crippen LogP contribution in [-0.2, 0) is 85.3 Å². The van der Waals surface area contributed by atoms with Gasteiger partial charge < -0.3 is 106 Å². The van der Waals surface area contributed by atoms with Crippen LogP contribution >= 0.6 is 0 Å². The lowest BCUT2D eigenvalue weighted by molar-refractivity contribution is -0.295. The molecular formula is C98H172O22. The number of aliphatic hydroxyl groups is 4. The van der Waals surface area contributed by atoms with Crippen LogP contribution in [0.5, 0.6) is 0 Å². The first-order chi connectivity index (χ1) is 57.4. The summed E-state index contributed by atoms with van der Waals surface area (Å²) in [5.74, 6) is 6.01. The van der Waals surface area contributed by atoms with E-state index in [2.05, 4.69) is 146 Å². The van der Waals surface area contributed by atoms with E-state index >= 15 is 0 Å². The average Bonchev–Trinajstić information content (AvgIpc) is 1.74. The van der Waals surface area contributed by atoms with Crippen molar-refractivity contribution in [3.8, 4) is 0 Å². The Morgan fingerprint density at radius 2 is 0.533 bits per heavy atom. The van der Waals surface area contributed by atoms with E-state index in [0.29, 0.717) is 71.0 Å². The lowest BCUT2D eigenvalue weighted by Crippen LogP contribution is -2.60. The zero-order chi connectivity index (χ0) is 89.4. The Kier molecular flexibility index (Phi) is 49.3. The maximum atomic E-state index is 10.9. The van der Waals surface area contributed by atoms with E-state index in [9.17, 15) is 20.4 Å². The van der Waals surface area contributed by atoms with Gasteiger partial charge in [-0.25, -0.2) is 0 Å². The summed E-state index contributed by atoms with van der Waals surface area (Å²) in [6, 6.07) is 0. The summed E-state index contributed by atoms with van der Waals surface area (Å²) in [7, 11) is 23.9. The van der Waals surface area contributed by atoms with E-state index in [4.69, 9.17) is 85.3 Å². The van der Waals surface area contributed by atoms with Crippen molar-refractivity contribution in [1.29, 1.82) is 0 Å². The minimum Gasteiger partial charge on any atom is -0.392 e. The van der Waals surface area contributed by atoms with Gasteiger partial charge in [-0.15, -0.1) is 0 Å². The van der Waals surface area contributed by atoms with Gasteiger partial charge in [-0.1, -0.05) is 156 Å². The molecule has 8 rings (SSSR count). The van der Waals surface area contributed by atoms with E-state index in [1.165, 1.54) is 0 Å². The van der Waals surface area contributed by atoms with Gasteiger partial charge in [0.1, 0.15) is 42.7 Å². The summed E-state index contributed by atoms with van der Waals surface area (Å²) in [6.45, 7) is 34.2. The third-order valence-electron chi connectivity index (χ3n) is 28.4. The zero-order valence-corrected chi connectivity index (χ0v) is 79.9. The molecule has 0 aromatic heterocycles. The van der Waals surface area contributed by atoms with Crippen LogP contribution in [0.1, 0.15) is 201 Å². The molecule has 38 atom stereocenters. The van der Waals surface area contributed by atoms with Gasteiger partial charge in [-0.3, -0.25) is 0 Å². The van der Waals surface area contributed by atoms with Crippen molar-refractivity contribution in [2.24, 2.45) is 94.7 Å². The van der Waals surface area contributed by atoms with Gasteiger partial charge in [-0.05, 0) is 192 Å². The van der Waals surface area contributed by atoms with Crippen LogP contribution in [0.25, 0.3) is 0 Å². The molecule has 0 radical (unpaired) electrons. The van der Waals surface area contributed by atoms with Crippen molar-refractivity contribution in [1.82, 2.24) is 0 Å². The smallest absolute Gasteiger partial charge is 0.186 e. The first-order valence-corrected chi connectivity index (χ1v) is 45.5. The van der Waals surface area contributed by atoms with Crippen LogP contribution in [0.2, 0.25) is 0 Å².